The quantitative estimate of drug-likeness (QED) is 0.648. The van der Waals surface area contributed by atoms with E-state index in [4.69, 9.17) is 9.47 Å². The molecule has 1 saturated heterocycles. The van der Waals surface area contributed by atoms with E-state index in [0.717, 1.165) is 32.9 Å². The highest BCUT2D eigenvalue weighted by Gasteiger charge is 2.12. The Morgan fingerprint density at radius 2 is 2.38 bits per heavy atom. The molecule has 0 aromatic heterocycles. The van der Waals surface area contributed by atoms with E-state index in [2.05, 4.69) is 12.2 Å². The molecule has 0 radical (unpaired) electrons. The normalized spacial score (nSPS) is 23.3. The van der Waals surface area contributed by atoms with Gasteiger partial charge in [-0.15, -0.1) is 0 Å². The molecule has 0 aromatic rings. The maximum absolute atomic E-state index is 5.49. The number of nitrogens with one attached hydrogen (secondary N) is 1. The number of hydrogen-bond acceptors (Lipinski definition) is 4. The van der Waals surface area contributed by atoms with Crippen LogP contribution in [0.15, 0.2) is 0 Å². The van der Waals surface area contributed by atoms with Gasteiger partial charge in [0.2, 0.25) is 0 Å². The van der Waals surface area contributed by atoms with E-state index >= 15 is 0 Å². The smallest absolute Gasteiger partial charge is 0.0933 e. The Kier molecular flexibility index (Phi) is 6.62. The summed E-state index contributed by atoms with van der Waals surface area (Å²) in [5, 5.41) is 3.36. The van der Waals surface area contributed by atoms with Crippen molar-refractivity contribution in [1.82, 2.24) is 5.32 Å². The van der Waals surface area contributed by atoms with Gasteiger partial charge in [-0.05, 0) is 5.75 Å². The first-order chi connectivity index (χ1) is 6.43. The third-order valence-electron chi connectivity index (χ3n) is 1.88. The van der Waals surface area contributed by atoms with Crippen LogP contribution in [0.1, 0.15) is 6.92 Å². The SMILES string of the molecule is CCSCCNCC1COCCO1. The molecule has 0 spiro atoms. The van der Waals surface area contributed by atoms with Crippen LogP contribution in [0, 0.1) is 0 Å². The lowest BCUT2D eigenvalue weighted by molar-refractivity contribution is -0.0861. The molecule has 13 heavy (non-hydrogen) atoms. The average molecular weight is 205 g/mol. The van der Waals surface area contributed by atoms with Crippen molar-refractivity contribution in [2.75, 3.05) is 44.4 Å². The Balaban J connectivity index is 1.86. The van der Waals surface area contributed by atoms with Gasteiger partial charge in [0.05, 0.1) is 25.9 Å². The molecule has 1 rings (SSSR count). The minimum absolute atomic E-state index is 0.264. The van der Waals surface area contributed by atoms with E-state index in [1.807, 2.05) is 11.8 Å². The molecule has 78 valence electrons. The first-order valence-corrected chi connectivity index (χ1v) is 6.06. The van der Waals surface area contributed by atoms with Crippen molar-refractivity contribution in [3.05, 3.63) is 0 Å². The second kappa shape index (κ2) is 7.62. The van der Waals surface area contributed by atoms with Crippen LogP contribution in [0.5, 0.6) is 0 Å². The number of hydrogen-bond donors (Lipinski definition) is 1. The predicted octanol–water partition coefficient (Wildman–Crippen LogP) is 0.744. The Labute approximate surface area is 84.6 Å². The number of thioether (sulfide) groups is 1. The lowest BCUT2D eigenvalue weighted by Gasteiger charge is -2.23. The molecule has 1 fully saturated rings. The standard InChI is InChI=1S/C9H19NO2S/c1-2-13-6-3-10-7-9-8-11-4-5-12-9/h9-10H,2-8H2,1H3. The third-order valence-corrected chi connectivity index (χ3v) is 2.79. The molecular formula is C9H19NO2S. The number of rotatable bonds is 6. The van der Waals surface area contributed by atoms with Gasteiger partial charge in [-0.1, -0.05) is 6.92 Å². The van der Waals surface area contributed by atoms with Gasteiger partial charge >= 0.3 is 0 Å². The van der Waals surface area contributed by atoms with Gasteiger partial charge in [0.25, 0.3) is 0 Å². The van der Waals surface area contributed by atoms with Crippen molar-refractivity contribution < 1.29 is 9.47 Å². The molecule has 1 aliphatic heterocycles. The fourth-order valence-corrected chi connectivity index (χ4v) is 1.78. The molecule has 4 heteroatoms. The van der Waals surface area contributed by atoms with E-state index in [-0.39, 0.29) is 6.10 Å². The van der Waals surface area contributed by atoms with Gasteiger partial charge in [0.1, 0.15) is 0 Å². The van der Waals surface area contributed by atoms with Gasteiger partial charge in [-0.25, -0.2) is 0 Å². The van der Waals surface area contributed by atoms with Crippen molar-refractivity contribution in [3.8, 4) is 0 Å². The van der Waals surface area contributed by atoms with Crippen LogP contribution < -0.4 is 5.32 Å². The zero-order valence-corrected chi connectivity index (χ0v) is 9.07. The molecule has 1 N–H and O–H groups in total. The first kappa shape index (κ1) is 11.3. The lowest BCUT2D eigenvalue weighted by atomic mass is 10.3. The maximum Gasteiger partial charge on any atom is 0.0933 e. The molecule has 1 atom stereocenters. The molecule has 1 unspecified atom stereocenters. The molecule has 0 aromatic carbocycles. The van der Waals surface area contributed by atoms with Crippen LogP contribution in [0.25, 0.3) is 0 Å². The second-order valence-electron chi connectivity index (χ2n) is 2.97. The van der Waals surface area contributed by atoms with Crippen molar-refractivity contribution in [2.24, 2.45) is 0 Å². The summed E-state index contributed by atoms with van der Waals surface area (Å²) in [6.45, 7) is 6.41. The van der Waals surface area contributed by atoms with E-state index in [1.165, 1.54) is 11.5 Å². The van der Waals surface area contributed by atoms with Crippen molar-refractivity contribution in [3.63, 3.8) is 0 Å². The molecule has 1 heterocycles. The summed E-state index contributed by atoms with van der Waals surface area (Å²) in [5.41, 5.74) is 0. The Morgan fingerprint density at radius 1 is 1.46 bits per heavy atom. The average Bonchev–Trinajstić information content (AvgIpc) is 2.19. The highest BCUT2D eigenvalue weighted by molar-refractivity contribution is 7.99. The van der Waals surface area contributed by atoms with Crippen molar-refractivity contribution in [2.45, 2.75) is 13.0 Å². The largest absolute Gasteiger partial charge is 0.376 e. The molecule has 0 aliphatic carbocycles. The summed E-state index contributed by atoms with van der Waals surface area (Å²) in [5.74, 6) is 2.38. The van der Waals surface area contributed by atoms with Crippen LogP contribution in [0.4, 0.5) is 0 Å². The summed E-state index contributed by atoms with van der Waals surface area (Å²) >= 11 is 1.96. The van der Waals surface area contributed by atoms with Crippen molar-refractivity contribution in [1.29, 1.82) is 0 Å². The minimum atomic E-state index is 0.264. The zero-order chi connectivity index (χ0) is 9.36. The van der Waals surface area contributed by atoms with Crippen LogP contribution >= 0.6 is 11.8 Å². The first-order valence-electron chi connectivity index (χ1n) is 4.91. The number of ether oxygens (including phenoxy) is 2. The molecular weight excluding hydrogens is 186 g/mol. The predicted molar refractivity (Wildman–Crippen MR) is 56.4 cm³/mol. The zero-order valence-electron chi connectivity index (χ0n) is 8.25. The lowest BCUT2D eigenvalue weighted by Crippen LogP contribution is -2.38. The van der Waals surface area contributed by atoms with Crippen LogP contribution in [-0.2, 0) is 9.47 Å². The molecule has 3 nitrogen and oxygen atoms in total. The Morgan fingerprint density at radius 3 is 3.08 bits per heavy atom. The fraction of sp³-hybridized carbons (Fsp3) is 1.00. The summed E-state index contributed by atoms with van der Waals surface area (Å²) in [4.78, 5) is 0. The molecule has 0 saturated carbocycles. The van der Waals surface area contributed by atoms with Gasteiger partial charge in [0, 0.05) is 18.8 Å². The maximum atomic E-state index is 5.49. The topological polar surface area (TPSA) is 30.5 Å². The highest BCUT2D eigenvalue weighted by Crippen LogP contribution is 1.99. The van der Waals surface area contributed by atoms with Gasteiger partial charge in [-0.2, -0.15) is 11.8 Å². The fourth-order valence-electron chi connectivity index (χ4n) is 1.21. The van der Waals surface area contributed by atoms with Gasteiger partial charge in [-0.3, -0.25) is 0 Å². The Hall–Kier alpha value is 0.230. The van der Waals surface area contributed by atoms with Gasteiger partial charge in [0.15, 0.2) is 0 Å². The van der Waals surface area contributed by atoms with E-state index < -0.39 is 0 Å². The second-order valence-corrected chi connectivity index (χ2v) is 4.36. The minimum Gasteiger partial charge on any atom is -0.376 e. The van der Waals surface area contributed by atoms with E-state index in [1.54, 1.807) is 0 Å². The third kappa shape index (κ3) is 5.52. The monoisotopic (exact) mass is 205 g/mol. The van der Waals surface area contributed by atoms with E-state index in [0.29, 0.717) is 0 Å². The van der Waals surface area contributed by atoms with Crippen LogP contribution in [0.3, 0.4) is 0 Å². The van der Waals surface area contributed by atoms with E-state index in [9.17, 15) is 0 Å². The summed E-state index contributed by atoms with van der Waals surface area (Å²) in [6, 6.07) is 0. The van der Waals surface area contributed by atoms with Gasteiger partial charge < -0.3 is 14.8 Å². The summed E-state index contributed by atoms with van der Waals surface area (Å²) in [7, 11) is 0. The van der Waals surface area contributed by atoms with Crippen LogP contribution in [0.2, 0.25) is 0 Å². The molecule has 0 amide bonds. The van der Waals surface area contributed by atoms with Crippen molar-refractivity contribution >= 4 is 11.8 Å². The highest BCUT2D eigenvalue weighted by atomic mass is 32.2. The summed E-state index contributed by atoms with van der Waals surface area (Å²) < 4.78 is 10.8. The summed E-state index contributed by atoms with van der Waals surface area (Å²) in [6.07, 6.45) is 0.264. The molecule has 1 aliphatic rings. The Bertz CT molecular complexity index is 118. The van der Waals surface area contributed by atoms with Crippen LogP contribution in [-0.4, -0.2) is 50.5 Å². The molecule has 0 bridgehead atoms.